The Morgan fingerprint density at radius 2 is 1.75 bits per heavy atom. The molecule has 40 heavy (non-hydrogen) atoms. The van der Waals surface area contributed by atoms with Gasteiger partial charge in [0.2, 0.25) is 5.09 Å². The number of halogens is 4. The Balaban J connectivity index is 1.21. The topological polar surface area (TPSA) is 76.8 Å². The van der Waals surface area contributed by atoms with Crippen LogP contribution in [0.15, 0.2) is 82.3 Å². The van der Waals surface area contributed by atoms with Crippen LogP contribution in [0, 0.1) is 5.82 Å². The van der Waals surface area contributed by atoms with Gasteiger partial charge in [0.25, 0.3) is 10.0 Å². The zero-order valence-electron chi connectivity index (χ0n) is 21.2. The average Bonchev–Trinajstić information content (AvgIpc) is 3.60. The van der Waals surface area contributed by atoms with Crippen molar-refractivity contribution < 1.29 is 39.9 Å². The number of nitrogens with zero attached hydrogens (tertiary/aromatic N) is 1. The summed E-state index contributed by atoms with van der Waals surface area (Å²) in [5.41, 5.74) is 0.480. The summed E-state index contributed by atoms with van der Waals surface area (Å²) in [5.74, 6) is -0.412. The largest absolute Gasteiger partial charge is 0.489 e. The number of furan rings is 1. The van der Waals surface area contributed by atoms with Crippen LogP contribution in [0.3, 0.4) is 0 Å². The van der Waals surface area contributed by atoms with Gasteiger partial charge >= 0.3 is 6.18 Å². The van der Waals surface area contributed by atoms with Crippen molar-refractivity contribution in [1.29, 1.82) is 0 Å². The molecule has 2 heterocycles. The van der Waals surface area contributed by atoms with Crippen LogP contribution < -0.4 is 4.74 Å². The number of benzene rings is 3. The second kappa shape index (κ2) is 11.1. The molecule has 0 spiro atoms. The maximum Gasteiger partial charge on any atom is 0.416 e. The molecule has 4 aromatic rings. The fourth-order valence-electron chi connectivity index (χ4n) is 4.78. The molecule has 0 unspecified atom stereocenters. The van der Waals surface area contributed by atoms with E-state index in [4.69, 9.17) is 9.15 Å². The maximum absolute atomic E-state index is 14.0. The smallest absolute Gasteiger partial charge is 0.416 e. The first-order valence-electron chi connectivity index (χ1n) is 12.6. The number of alkyl halides is 3. The van der Waals surface area contributed by atoms with E-state index < -0.39 is 38.7 Å². The second-order valence-corrected chi connectivity index (χ2v) is 11.4. The molecule has 0 bridgehead atoms. The van der Waals surface area contributed by atoms with Crippen molar-refractivity contribution in [1.82, 2.24) is 4.31 Å². The minimum Gasteiger partial charge on any atom is -0.489 e. The maximum atomic E-state index is 14.0. The highest BCUT2D eigenvalue weighted by Gasteiger charge is 2.40. The SMILES string of the molecule is O=C(CCc1cccc(OCc2ccc(C(F)(F)F)cc2)c1)[C@@H]1CCCN1S(=O)(=O)c1cc2cccc(F)c2o1. The molecule has 210 valence electrons. The number of carbonyl (C=O) groups excluding carboxylic acids is 1. The summed E-state index contributed by atoms with van der Waals surface area (Å²) in [5, 5.41) is -0.0775. The number of hydrogen-bond acceptors (Lipinski definition) is 5. The molecule has 11 heteroatoms. The number of Topliss-reactive ketones (excluding diaryl/α,β-unsaturated/α-hetero) is 1. The molecule has 1 fully saturated rings. The summed E-state index contributed by atoms with van der Waals surface area (Å²) < 4.78 is 91.1. The molecule has 0 N–H and O–H groups in total. The zero-order chi connectivity index (χ0) is 28.5. The first-order chi connectivity index (χ1) is 19.0. The Morgan fingerprint density at radius 3 is 2.48 bits per heavy atom. The van der Waals surface area contributed by atoms with Crippen LogP contribution in [0.25, 0.3) is 11.0 Å². The van der Waals surface area contributed by atoms with Gasteiger partial charge in [-0.15, -0.1) is 0 Å². The lowest BCUT2D eigenvalue weighted by Gasteiger charge is -2.21. The molecule has 0 amide bonds. The third-order valence-corrected chi connectivity index (χ3v) is 8.62. The van der Waals surface area contributed by atoms with Gasteiger partial charge in [0.05, 0.1) is 11.6 Å². The van der Waals surface area contributed by atoms with E-state index in [9.17, 15) is 30.8 Å². The Hall–Kier alpha value is -3.70. The predicted octanol–water partition coefficient (Wildman–Crippen LogP) is 6.52. The lowest BCUT2D eigenvalue weighted by Crippen LogP contribution is -2.40. The van der Waals surface area contributed by atoms with E-state index >= 15 is 0 Å². The minimum atomic E-state index is -4.41. The van der Waals surface area contributed by atoms with E-state index in [1.807, 2.05) is 6.07 Å². The molecule has 1 aromatic heterocycles. The van der Waals surface area contributed by atoms with Gasteiger partial charge < -0.3 is 9.15 Å². The van der Waals surface area contributed by atoms with Gasteiger partial charge in [-0.1, -0.05) is 36.4 Å². The predicted molar refractivity (Wildman–Crippen MR) is 139 cm³/mol. The van der Waals surface area contributed by atoms with Crippen molar-refractivity contribution in [3.05, 3.63) is 95.3 Å². The summed E-state index contributed by atoms with van der Waals surface area (Å²) in [6.45, 7) is 0.229. The number of aryl methyl sites for hydroxylation is 1. The van der Waals surface area contributed by atoms with Crippen molar-refractivity contribution in [2.45, 2.75) is 49.6 Å². The van der Waals surface area contributed by atoms with E-state index in [0.717, 1.165) is 22.0 Å². The van der Waals surface area contributed by atoms with Crippen molar-refractivity contribution in [3.8, 4) is 5.75 Å². The molecule has 6 nitrogen and oxygen atoms in total. The van der Waals surface area contributed by atoms with Gasteiger partial charge in [-0.2, -0.15) is 17.5 Å². The second-order valence-electron chi connectivity index (χ2n) is 9.59. The van der Waals surface area contributed by atoms with Gasteiger partial charge in [0, 0.05) is 24.4 Å². The number of ketones is 1. The molecule has 1 atom stereocenters. The number of hydrogen-bond donors (Lipinski definition) is 0. The van der Waals surface area contributed by atoms with Crippen molar-refractivity contribution >= 4 is 26.8 Å². The number of fused-ring (bicyclic) bond motifs is 1. The van der Waals surface area contributed by atoms with Gasteiger partial charge in [-0.05, 0) is 60.7 Å². The number of carbonyl (C=O) groups is 1. The first-order valence-corrected chi connectivity index (χ1v) is 14.1. The number of rotatable bonds is 9. The van der Waals surface area contributed by atoms with Crippen molar-refractivity contribution in [3.63, 3.8) is 0 Å². The molecule has 1 saturated heterocycles. The molecule has 1 aliphatic heterocycles. The molecule has 1 aliphatic rings. The van der Waals surface area contributed by atoms with Gasteiger partial charge in [0.1, 0.15) is 12.4 Å². The van der Waals surface area contributed by atoms with Crippen LogP contribution in [0.5, 0.6) is 5.75 Å². The van der Waals surface area contributed by atoms with Gasteiger partial charge in [-0.25, -0.2) is 12.8 Å². The highest BCUT2D eigenvalue weighted by molar-refractivity contribution is 7.89. The number of ether oxygens (including phenoxy) is 1. The highest BCUT2D eigenvalue weighted by Crippen LogP contribution is 2.32. The third-order valence-electron chi connectivity index (χ3n) is 6.86. The number of para-hydroxylation sites is 1. The van der Waals surface area contributed by atoms with E-state index in [2.05, 4.69) is 0 Å². The molecule has 5 rings (SSSR count). The normalized spacial score (nSPS) is 16.4. The lowest BCUT2D eigenvalue weighted by molar-refractivity contribution is -0.137. The molecule has 0 radical (unpaired) electrons. The van der Waals surface area contributed by atoms with Gasteiger partial charge in [-0.3, -0.25) is 4.79 Å². The summed E-state index contributed by atoms with van der Waals surface area (Å²) in [6.07, 6.45) is -3.08. The Kier molecular flexibility index (Phi) is 7.70. The highest BCUT2D eigenvalue weighted by atomic mass is 32.2. The standard InChI is InChI=1S/C29H25F4NO5S/c30-24-7-2-5-21-17-27(39-28(21)24)40(36,37)34-15-3-8-25(34)26(35)14-11-19-4-1-6-23(16-19)38-18-20-9-12-22(13-10-20)29(31,32)33/h1-2,4-7,9-10,12-13,16-17,25H,3,8,11,14-15,18H2/t25-/m0/s1. The van der Waals surface area contributed by atoms with E-state index in [0.29, 0.717) is 36.0 Å². The van der Waals surface area contributed by atoms with Crippen LogP contribution in [0.4, 0.5) is 17.6 Å². The van der Waals surface area contributed by atoms with E-state index in [-0.39, 0.29) is 30.9 Å². The monoisotopic (exact) mass is 575 g/mol. The summed E-state index contributed by atoms with van der Waals surface area (Å²) >= 11 is 0. The average molecular weight is 576 g/mol. The van der Waals surface area contributed by atoms with Crippen LogP contribution in [-0.2, 0) is 34.0 Å². The van der Waals surface area contributed by atoms with E-state index in [1.54, 1.807) is 24.3 Å². The fraction of sp³-hybridized carbons (Fsp3) is 0.276. The molecule has 0 saturated carbocycles. The Morgan fingerprint density at radius 1 is 1.00 bits per heavy atom. The molecular formula is C29H25F4NO5S. The summed E-state index contributed by atoms with van der Waals surface area (Å²) in [6, 6.07) is 16.3. The quantitative estimate of drug-likeness (QED) is 0.212. The first kappa shape index (κ1) is 27.9. The third kappa shape index (κ3) is 5.90. The van der Waals surface area contributed by atoms with Crippen LogP contribution >= 0.6 is 0 Å². The lowest BCUT2D eigenvalue weighted by atomic mass is 10.0. The van der Waals surface area contributed by atoms with E-state index in [1.165, 1.54) is 30.3 Å². The fourth-order valence-corrected chi connectivity index (χ4v) is 6.40. The van der Waals surface area contributed by atoms with Crippen LogP contribution in [0.2, 0.25) is 0 Å². The van der Waals surface area contributed by atoms with Gasteiger partial charge in [0.15, 0.2) is 17.2 Å². The van der Waals surface area contributed by atoms with Crippen LogP contribution in [-0.4, -0.2) is 31.1 Å². The number of sulfonamides is 1. The minimum absolute atomic E-state index is 0.0705. The zero-order valence-corrected chi connectivity index (χ0v) is 22.0. The Bertz CT molecular complexity index is 1630. The molecular weight excluding hydrogens is 550 g/mol. The summed E-state index contributed by atoms with van der Waals surface area (Å²) in [7, 11) is -4.15. The van der Waals surface area contributed by atoms with Crippen LogP contribution in [0.1, 0.15) is 36.0 Å². The molecule has 3 aromatic carbocycles. The van der Waals surface area contributed by atoms with Crippen molar-refractivity contribution in [2.75, 3.05) is 6.54 Å². The molecule has 0 aliphatic carbocycles. The van der Waals surface area contributed by atoms with Crippen molar-refractivity contribution in [2.24, 2.45) is 0 Å². The Labute approximate surface area is 228 Å². The summed E-state index contributed by atoms with van der Waals surface area (Å²) in [4.78, 5) is 13.1.